The number of anilines is 4. The van der Waals surface area contributed by atoms with E-state index in [1.54, 1.807) is 13.8 Å². The number of carbonyl (C=O) groups excluding carboxylic acids is 2. The second-order valence-electron chi connectivity index (χ2n) is 10.5. The number of carbonyl (C=O) groups is 2. The summed E-state index contributed by atoms with van der Waals surface area (Å²) in [5, 5.41) is 6.64. The minimum atomic E-state index is -0.397. The lowest BCUT2D eigenvalue weighted by molar-refractivity contribution is -0.151. The Labute approximate surface area is 259 Å². The van der Waals surface area contributed by atoms with Crippen LogP contribution in [0, 0.1) is 0 Å². The summed E-state index contributed by atoms with van der Waals surface area (Å²) in [5.74, 6) is 0.754. The Morgan fingerprint density at radius 1 is 0.523 bits per heavy atom. The number of ether oxygens (including phenoxy) is 4. The molecule has 8 nitrogen and oxygen atoms in total. The summed E-state index contributed by atoms with van der Waals surface area (Å²) in [6.45, 7) is 4.08. The van der Waals surface area contributed by atoms with Crippen molar-refractivity contribution in [3.63, 3.8) is 0 Å². The quantitative estimate of drug-likeness (QED) is 0.0934. The molecule has 0 amide bonds. The van der Waals surface area contributed by atoms with Gasteiger partial charge in [-0.1, -0.05) is 36.4 Å². The zero-order valence-electron chi connectivity index (χ0n) is 25.2. The van der Waals surface area contributed by atoms with Gasteiger partial charge >= 0.3 is 11.9 Å². The van der Waals surface area contributed by atoms with Gasteiger partial charge < -0.3 is 29.6 Å². The van der Waals surface area contributed by atoms with E-state index in [0.29, 0.717) is 24.3 Å². The maximum atomic E-state index is 12.2. The van der Waals surface area contributed by atoms with Gasteiger partial charge in [0.05, 0.1) is 0 Å². The number of unbranched alkanes of at least 4 members (excludes halogenated alkanes) is 1. The molecule has 0 heterocycles. The molecule has 8 heteroatoms. The average molecular weight is 597 g/mol. The van der Waals surface area contributed by atoms with Crippen molar-refractivity contribution in [2.45, 2.75) is 51.7 Å². The molecule has 0 aliphatic carbocycles. The van der Waals surface area contributed by atoms with Gasteiger partial charge in [0.2, 0.25) is 0 Å². The van der Waals surface area contributed by atoms with E-state index in [2.05, 4.69) is 10.6 Å². The number of esters is 2. The minimum absolute atomic E-state index is 0.227. The van der Waals surface area contributed by atoms with Gasteiger partial charge in [0.1, 0.15) is 36.9 Å². The molecule has 0 saturated heterocycles. The second-order valence-corrected chi connectivity index (χ2v) is 10.5. The van der Waals surface area contributed by atoms with Crippen LogP contribution in [0.5, 0.6) is 11.5 Å². The molecule has 0 spiro atoms. The van der Waals surface area contributed by atoms with E-state index in [-0.39, 0.29) is 38.0 Å². The fourth-order valence-corrected chi connectivity index (χ4v) is 4.25. The molecule has 0 fully saturated rings. The van der Waals surface area contributed by atoms with Crippen molar-refractivity contribution in [1.82, 2.24) is 0 Å². The van der Waals surface area contributed by atoms with Crippen LogP contribution in [0.1, 0.15) is 39.5 Å². The van der Waals surface area contributed by atoms with Crippen molar-refractivity contribution in [2.24, 2.45) is 0 Å². The van der Waals surface area contributed by atoms with Crippen molar-refractivity contribution in [3.05, 3.63) is 109 Å². The highest BCUT2D eigenvalue weighted by atomic mass is 16.6. The number of benzene rings is 4. The molecule has 0 aliphatic heterocycles. The normalized spacial score (nSPS) is 12.0. The van der Waals surface area contributed by atoms with Crippen molar-refractivity contribution in [3.8, 4) is 11.5 Å². The maximum Gasteiger partial charge on any atom is 0.306 e. The van der Waals surface area contributed by atoms with Crippen LogP contribution >= 0.6 is 0 Å². The highest BCUT2D eigenvalue weighted by Gasteiger charge is 2.13. The Kier molecular flexibility index (Phi) is 12.5. The summed E-state index contributed by atoms with van der Waals surface area (Å²) in [5.41, 5.74) is 3.92. The summed E-state index contributed by atoms with van der Waals surface area (Å²) in [6, 6.07) is 35.0. The Hall–Kier alpha value is -4.98. The molecule has 0 saturated carbocycles. The zero-order chi connectivity index (χ0) is 31.0. The van der Waals surface area contributed by atoms with Crippen LogP contribution in [0.25, 0.3) is 0 Å². The molecule has 2 N–H and O–H groups in total. The molecule has 4 aromatic carbocycles. The van der Waals surface area contributed by atoms with Crippen molar-refractivity contribution in [1.29, 1.82) is 0 Å². The molecule has 230 valence electrons. The van der Waals surface area contributed by atoms with Crippen LogP contribution in [0.3, 0.4) is 0 Å². The van der Waals surface area contributed by atoms with Crippen LogP contribution in [0.15, 0.2) is 109 Å². The van der Waals surface area contributed by atoms with Gasteiger partial charge in [0, 0.05) is 35.6 Å². The first-order chi connectivity index (χ1) is 21.4. The molecule has 2 unspecified atom stereocenters. The van der Waals surface area contributed by atoms with Gasteiger partial charge in [0.15, 0.2) is 0 Å². The fraction of sp³-hybridized carbons (Fsp3) is 0.278. The lowest BCUT2D eigenvalue weighted by Gasteiger charge is -2.15. The van der Waals surface area contributed by atoms with E-state index in [1.165, 1.54) is 0 Å². The highest BCUT2D eigenvalue weighted by molar-refractivity contribution is 5.71. The number of hydrogen-bond donors (Lipinski definition) is 2. The lowest BCUT2D eigenvalue weighted by atomic mass is 10.2. The summed E-state index contributed by atoms with van der Waals surface area (Å²) in [4.78, 5) is 24.4. The molecule has 4 aromatic rings. The largest absolute Gasteiger partial charge is 0.490 e. The first-order valence-electron chi connectivity index (χ1n) is 14.9. The summed E-state index contributed by atoms with van der Waals surface area (Å²) >= 11 is 0. The summed E-state index contributed by atoms with van der Waals surface area (Å²) in [6.07, 6.45) is 0.729. The van der Waals surface area contributed by atoms with Gasteiger partial charge in [-0.05, 0) is 99.5 Å². The average Bonchev–Trinajstić information content (AvgIpc) is 3.03. The van der Waals surface area contributed by atoms with Gasteiger partial charge in [-0.25, -0.2) is 0 Å². The van der Waals surface area contributed by atoms with E-state index in [0.717, 1.165) is 22.7 Å². The first kappa shape index (κ1) is 31.9. The molecule has 0 radical (unpaired) electrons. The van der Waals surface area contributed by atoms with Crippen molar-refractivity contribution < 1.29 is 28.5 Å². The number of hydrogen-bond acceptors (Lipinski definition) is 8. The predicted molar refractivity (Wildman–Crippen MR) is 173 cm³/mol. The van der Waals surface area contributed by atoms with E-state index >= 15 is 0 Å². The molecule has 2 atom stereocenters. The Bertz CT molecular complexity index is 1300. The van der Waals surface area contributed by atoms with E-state index in [1.807, 2.05) is 109 Å². The van der Waals surface area contributed by atoms with Gasteiger partial charge in [-0.3, -0.25) is 9.59 Å². The molecular weight excluding hydrogens is 556 g/mol. The summed E-state index contributed by atoms with van der Waals surface area (Å²) in [7, 11) is 0. The Morgan fingerprint density at radius 2 is 0.864 bits per heavy atom. The van der Waals surface area contributed by atoms with E-state index < -0.39 is 12.2 Å². The zero-order valence-corrected chi connectivity index (χ0v) is 25.2. The molecular formula is C36H40N2O6. The minimum Gasteiger partial charge on any atom is -0.490 e. The maximum absolute atomic E-state index is 12.2. The van der Waals surface area contributed by atoms with Crippen LogP contribution in [0.4, 0.5) is 22.7 Å². The fourth-order valence-electron chi connectivity index (χ4n) is 4.25. The van der Waals surface area contributed by atoms with Gasteiger partial charge in [-0.15, -0.1) is 0 Å². The van der Waals surface area contributed by atoms with E-state index in [4.69, 9.17) is 18.9 Å². The SMILES string of the molecule is CC(COc1ccc(Nc2ccccc2)cc1)OC(=O)CCCCC(=O)OC(C)COc1ccc(Nc2ccccc2)cc1. The van der Waals surface area contributed by atoms with Crippen LogP contribution < -0.4 is 20.1 Å². The smallest absolute Gasteiger partial charge is 0.306 e. The Morgan fingerprint density at radius 3 is 1.23 bits per heavy atom. The topological polar surface area (TPSA) is 95.1 Å². The molecule has 0 bridgehead atoms. The number of para-hydroxylation sites is 2. The first-order valence-corrected chi connectivity index (χ1v) is 14.9. The number of rotatable bonds is 17. The van der Waals surface area contributed by atoms with Crippen LogP contribution in [-0.2, 0) is 19.1 Å². The van der Waals surface area contributed by atoms with Crippen LogP contribution in [0.2, 0.25) is 0 Å². The van der Waals surface area contributed by atoms with Gasteiger partial charge in [0.25, 0.3) is 0 Å². The monoisotopic (exact) mass is 596 g/mol. The standard InChI is InChI=1S/C36H40N2O6/c1-27(25-41-33-21-17-31(18-22-33)37-29-11-5-3-6-12-29)43-35(39)15-9-10-16-36(40)44-28(2)26-42-34-23-19-32(20-24-34)38-30-13-7-4-8-14-30/h3-8,11-14,17-24,27-28,37-38H,9-10,15-16,25-26H2,1-2H3. The van der Waals surface area contributed by atoms with Gasteiger partial charge in [-0.2, -0.15) is 0 Å². The Balaban J connectivity index is 1.03. The van der Waals surface area contributed by atoms with Crippen molar-refractivity contribution in [2.75, 3.05) is 23.8 Å². The molecule has 0 aliphatic rings. The molecule has 0 aromatic heterocycles. The number of nitrogens with one attached hydrogen (secondary N) is 2. The van der Waals surface area contributed by atoms with E-state index in [9.17, 15) is 9.59 Å². The highest BCUT2D eigenvalue weighted by Crippen LogP contribution is 2.21. The molecule has 4 rings (SSSR count). The van der Waals surface area contributed by atoms with Crippen molar-refractivity contribution >= 4 is 34.7 Å². The third kappa shape index (κ3) is 11.7. The predicted octanol–water partition coefficient (Wildman–Crippen LogP) is 8.06. The second kappa shape index (κ2) is 17.2. The summed E-state index contributed by atoms with van der Waals surface area (Å²) < 4.78 is 22.4. The lowest BCUT2D eigenvalue weighted by Crippen LogP contribution is -2.22. The third-order valence-corrected chi connectivity index (χ3v) is 6.48. The third-order valence-electron chi connectivity index (χ3n) is 6.48. The van der Waals surface area contributed by atoms with Crippen LogP contribution in [-0.4, -0.2) is 37.4 Å². The molecule has 44 heavy (non-hydrogen) atoms.